The minimum Gasteiger partial charge on any atom is -0.489 e. The molecule has 1 aliphatic carbocycles. The summed E-state index contributed by atoms with van der Waals surface area (Å²) in [7, 11) is -4.15. The lowest BCUT2D eigenvalue weighted by molar-refractivity contribution is -0.150. The monoisotopic (exact) mass is 716 g/mol. The molecule has 0 N–H and O–H groups in total. The highest BCUT2D eigenvalue weighted by Gasteiger charge is 2.42. The van der Waals surface area contributed by atoms with Crippen molar-refractivity contribution in [2.75, 3.05) is 32.1 Å². The standard InChI is InChI=1S/C30H28Cl2F2N2O8S2/c31-21-14-35-15-22(32)20(21)13-25(18-3-5-24(44-30(33)34)26(11-18)42-16-17-1-2-17)43-29(37)28-36(7-10-45-28)46(38,39)19-4-6-23-27(12-19)41-9-8-40-23/h3-6,11-12,14-15,17,25,28,30H,1-2,7-10,13,16H2/t25-,28-/m0/s1. The van der Waals surface area contributed by atoms with Gasteiger partial charge in [-0.05, 0) is 54.2 Å². The highest BCUT2D eigenvalue weighted by molar-refractivity contribution is 8.02. The third-order valence-electron chi connectivity index (χ3n) is 7.50. The number of aromatic nitrogens is 1. The maximum absolute atomic E-state index is 13.8. The fourth-order valence-corrected chi connectivity index (χ4v) is 8.56. The summed E-state index contributed by atoms with van der Waals surface area (Å²) in [5.74, 6) is 0.427. The normalized spacial score (nSPS) is 18.8. The number of alkyl halides is 2. The number of ether oxygens (including phenoxy) is 5. The second-order valence-electron chi connectivity index (χ2n) is 10.7. The quantitative estimate of drug-likeness (QED) is 0.203. The van der Waals surface area contributed by atoms with Crippen molar-refractivity contribution >= 4 is 51.0 Å². The number of rotatable bonds is 12. The first-order chi connectivity index (χ1) is 22.1. The molecule has 0 spiro atoms. The Balaban J connectivity index is 1.29. The summed E-state index contributed by atoms with van der Waals surface area (Å²) in [5.41, 5.74) is 0.790. The molecule has 16 heteroatoms. The first kappa shape index (κ1) is 32.9. The number of carbonyl (C=O) groups is 1. The summed E-state index contributed by atoms with van der Waals surface area (Å²) in [6.45, 7) is -2.09. The van der Waals surface area contributed by atoms with E-state index in [2.05, 4.69) is 9.72 Å². The molecule has 0 amide bonds. The fraction of sp³-hybridized carbons (Fsp3) is 0.400. The molecule has 1 saturated carbocycles. The molecule has 3 aliphatic rings. The Morgan fingerprint density at radius 1 is 1.04 bits per heavy atom. The molecule has 46 heavy (non-hydrogen) atoms. The maximum atomic E-state index is 13.8. The van der Waals surface area contributed by atoms with E-state index >= 15 is 0 Å². The Morgan fingerprint density at radius 3 is 2.50 bits per heavy atom. The SMILES string of the molecule is O=C(O[C@@H](Cc1c(Cl)cncc1Cl)c1ccc(OC(F)F)c(OCC2CC2)c1)[C@@H]1SCCN1S(=O)(=O)c1ccc2c(c1)OCCO2. The highest BCUT2D eigenvalue weighted by atomic mass is 35.5. The predicted octanol–water partition coefficient (Wildman–Crippen LogP) is 6.14. The average Bonchev–Trinajstić information content (AvgIpc) is 3.73. The number of thioether (sulfide) groups is 1. The van der Waals surface area contributed by atoms with Crippen molar-refractivity contribution < 1.29 is 45.7 Å². The molecule has 2 atom stereocenters. The number of fused-ring (bicyclic) bond motifs is 1. The van der Waals surface area contributed by atoms with Gasteiger partial charge in [-0.3, -0.25) is 4.98 Å². The number of hydrogen-bond donors (Lipinski definition) is 0. The van der Waals surface area contributed by atoms with E-state index in [-0.39, 0.29) is 46.0 Å². The van der Waals surface area contributed by atoms with Crippen LogP contribution in [0.3, 0.4) is 0 Å². The van der Waals surface area contributed by atoms with Gasteiger partial charge in [-0.25, -0.2) is 13.2 Å². The van der Waals surface area contributed by atoms with Crippen molar-refractivity contribution in [3.8, 4) is 23.0 Å². The van der Waals surface area contributed by atoms with Gasteiger partial charge in [-0.1, -0.05) is 29.3 Å². The Morgan fingerprint density at radius 2 is 1.78 bits per heavy atom. The summed E-state index contributed by atoms with van der Waals surface area (Å²) < 4.78 is 82.5. The maximum Gasteiger partial charge on any atom is 0.387 e. The van der Waals surface area contributed by atoms with Gasteiger partial charge in [0.05, 0.1) is 21.5 Å². The van der Waals surface area contributed by atoms with E-state index in [1.165, 1.54) is 48.8 Å². The highest BCUT2D eigenvalue weighted by Crippen LogP contribution is 2.40. The van der Waals surface area contributed by atoms with Crippen molar-refractivity contribution in [3.63, 3.8) is 0 Å². The summed E-state index contributed by atoms with van der Waals surface area (Å²) in [4.78, 5) is 17.7. The van der Waals surface area contributed by atoms with Gasteiger partial charge in [-0.2, -0.15) is 13.1 Å². The molecule has 3 heterocycles. The molecule has 1 saturated heterocycles. The molecule has 0 unspecified atom stereocenters. The third-order valence-corrected chi connectivity index (χ3v) is 11.3. The summed E-state index contributed by atoms with van der Waals surface area (Å²) >= 11 is 13.9. The molecule has 6 rings (SSSR count). The van der Waals surface area contributed by atoms with Crippen LogP contribution in [-0.2, 0) is 26.0 Å². The third kappa shape index (κ3) is 7.41. The molecule has 0 radical (unpaired) electrons. The number of esters is 1. The van der Waals surface area contributed by atoms with Gasteiger partial charge >= 0.3 is 12.6 Å². The van der Waals surface area contributed by atoms with Crippen molar-refractivity contribution in [2.45, 2.75) is 42.2 Å². The zero-order chi connectivity index (χ0) is 32.4. The lowest BCUT2D eigenvalue weighted by Crippen LogP contribution is -2.40. The van der Waals surface area contributed by atoms with Crippen LogP contribution in [0.5, 0.6) is 23.0 Å². The number of hydrogen-bond acceptors (Lipinski definition) is 10. The first-order valence-corrected chi connectivity index (χ1v) is 17.6. The Bertz CT molecular complexity index is 1690. The van der Waals surface area contributed by atoms with Gasteiger partial charge in [0.15, 0.2) is 28.4 Å². The van der Waals surface area contributed by atoms with E-state index in [9.17, 15) is 22.0 Å². The average molecular weight is 718 g/mol. The molecule has 0 bridgehead atoms. The number of sulfonamides is 1. The molecule has 2 aromatic carbocycles. The number of pyridine rings is 1. The van der Waals surface area contributed by atoms with Crippen LogP contribution >= 0.6 is 35.0 Å². The fourth-order valence-electron chi connectivity index (χ4n) is 4.97. The number of benzene rings is 2. The van der Waals surface area contributed by atoms with Crippen molar-refractivity contribution in [1.29, 1.82) is 0 Å². The molecule has 10 nitrogen and oxygen atoms in total. The molecule has 2 aliphatic heterocycles. The van der Waals surface area contributed by atoms with E-state index in [1.807, 2.05) is 0 Å². The molecule has 2 fully saturated rings. The van der Waals surface area contributed by atoms with Gasteiger partial charge in [0, 0.05) is 37.2 Å². The molecule has 3 aromatic rings. The van der Waals surface area contributed by atoms with Crippen LogP contribution in [0, 0.1) is 5.92 Å². The Hall–Kier alpha value is -3.04. The van der Waals surface area contributed by atoms with E-state index in [1.54, 1.807) is 0 Å². The van der Waals surface area contributed by atoms with Crippen LogP contribution in [0.15, 0.2) is 53.7 Å². The van der Waals surface area contributed by atoms with E-state index < -0.39 is 34.1 Å². The van der Waals surface area contributed by atoms with E-state index in [0.29, 0.717) is 47.5 Å². The minimum absolute atomic E-state index is 0.0324. The van der Waals surface area contributed by atoms with Gasteiger partial charge in [0.1, 0.15) is 19.3 Å². The van der Waals surface area contributed by atoms with Crippen molar-refractivity contribution in [1.82, 2.24) is 9.29 Å². The number of nitrogens with zero attached hydrogens (tertiary/aromatic N) is 2. The first-order valence-electron chi connectivity index (χ1n) is 14.3. The molecular weight excluding hydrogens is 689 g/mol. The summed E-state index contributed by atoms with van der Waals surface area (Å²) in [6.07, 6.45) is 3.60. The zero-order valence-electron chi connectivity index (χ0n) is 24.1. The van der Waals surface area contributed by atoms with Crippen LogP contribution in [0.2, 0.25) is 10.0 Å². The second kappa shape index (κ2) is 14.0. The van der Waals surface area contributed by atoms with Crippen LogP contribution in [0.25, 0.3) is 0 Å². The lowest BCUT2D eigenvalue weighted by atomic mass is 10.0. The van der Waals surface area contributed by atoms with Crippen molar-refractivity contribution in [3.05, 3.63) is 70.0 Å². The topological polar surface area (TPSA) is 113 Å². The molecule has 246 valence electrons. The van der Waals surface area contributed by atoms with Gasteiger partial charge in [0.2, 0.25) is 10.0 Å². The van der Waals surface area contributed by atoms with Gasteiger partial charge in [0.25, 0.3) is 0 Å². The van der Waals surface area contributed by atoms with Crippen molar-refractivity contribution in [2.24, 2.45) is 5.92 Å². The predicted molar refractivity (Wildman–Crippen MR) is 166 cm³/mol. The van der Waals surface area contributed by atoms with Crippen LogP contribution in [-0.4, -0.2) is 67.8 Å². The van der Waals surface area contributed by atoms with Crippen LogP contribution in [0.4, 0.5) is 8.78 Å². The van der Waals surface area contributed by atoms with E-state index in [4.69, 9.17) is 42.1 Å². The smallest absolute Gasteiger partial charge is 0.387 e. The van der Waals surface area contributed by atoms with Gasteiger partial charge in [-0.15, -0.1) is 11.8 Å². The van der Waals surface area contributed by atoms with E-state index in [0.717, 1.165) is 28.9 Å². The van der Waals surface area contributed by atoms with Gasteiger partial charge < -0.3 is 23.7 Å². The Labute approximate surface area is 278 Å². The second-order valence-corrected chi connectivity index (χ2v) is 14.6. The van der Waals surface area contributed by atoms with Crippen LogP contribution in [0.1, 0.15) is 30.1 Å². The molecule has 1 aromatic heterocycles. The number of carbonyl (C=O) groups excluding carboxylic acids is 1. The minimum atomic E-state index is -4.15. The number of halogens is 4. The Kier molecular flexibility index (Phi) is 9.99. The zero-order valence-corrected chi connectivity index (χ0v) is 27.2. The lowest BCUT2D eigenvalue weighted by Gasteiger charge is -2.26. The summed E-state index contributed by atoms with van der Waals surface area (Å²) in [6, 6.07) is 8.53. The molecular formula is C30H28Cl2F2N2O8S2. The summed E-state index contributed by atoms with van der Waals surface area (Å²) in [5, 5.41) is -0.778. The van der Waals surface area contributed by atoms with Crippen LogP contribution < -0.4 is 18.9 Å². The largest absolute Gasteiger partial charge is 0.489 e.